The van der Waals surface area contributed by atoms with Gasteiger partial charge in [-0.3, -0.25) is 0 Å². The second kappa shape index (κ2) is 14.8. The molecule has 0 radical (unpaired) electrons. The van der Waals surface area contributed by atoms with E-state index in [1.807, 2.05) is 0 Å². The van der Waals surface area contributed by atoms with E-state index in [2.05, 4.69) is 235 Å². The minimum Gasteiger partial charge on any atom is -0.0622 e. The van der Waals surface area contributed by atoms with E-state index in [0.717, 1.165) is 0 Å². The highest BCUT2D eigenvalue weighted by atomic mass is 14.7. The van der Waals surface area contributed by atoms with Crippen LogP contribution in [-0.4, -0.2) is 0 Å². The van der Waals surface area contributed by atoms with Gasteiger partial charge in [-0.05, 0) is 94.1 Å². The van der Waals surface area contributed by atoms with Gasteiger partial charge in [0.2, 0.25) is 0 Å². The van der Waals surface area contributed by atoms with Gasteiger partial charge in [0.25, 0.3) is 0 Å². The molecule has 0 aliphatic rings. The summed E-state index contributed by atoms with van der Waals surface area (Å²) in [6, 6.07) is 0. The van der Waals surface area contributed by atoms with Crippen LogP contribution in [0.5, 0.6) is 0 Å². The molecule has 0 aromatic rings. The highest BCUT2D eigenvalue weighted by molar-refractivity contribution is 5.15. The molecule has 0 saturated carbocycles. The van der Waals surface area contributed by atoms with E-state index in [4.69, 9.17) is 0 Å². The van der Waals surface area contributed by atoms with E-state index in [9.17, 15) is 0 Å². The lowest BCUT2D eigenvalue weighted by Crippen LogP contribution is -2.65. The Morgan fingerprint density at radius 2 is 0.353 bits per heavy atom. The van der Waals surface area contributed by atoms with E-state index in [1.165, 1.54) is 0 Å². The zero-order valence-electron chi connectivity index (χ0n) is 42.8. The first-order valence-corrected chi connectivity index (χ1v) is 21.5. The summed E-state index contributed by atoms with van der Waals surface area (Å²) in [6.07, 6.45) is 0. The predicted molar refractivity (Wildman–Crippen MR) is 239 cm³/mol. The van der Waals surface area contributed by atoms with Gasteiger partial charge in [-0.25, -0.2) is 0 Å². The highest BCUT2D eigenvalue weighted by Crippen LogP contribution is 2.73. The molecule has 0 heterocycles. The molecule has 0 fully saturated rings. The summed E-state index contributed by atoms with van der Waals surface area (Å²) < 4.78 is 0. The Morgan fingerprint density at radius 3 is 0.510 bits per heavy atom. The smallest absolute Gasteiger partial charge is 0.0241 e. The first-order chi connectivity index (χ1) is 21.5. The fraction of sp³-hybridized carbons (Fsp3) is 1.00. The molecule has 51 heavy (non-hydrogen) atoms. The maximum absolute atomic E-state index is 2.58. The molecule has 0 aliphatic heterocycles. The lowest BCUT2D eigenvalue weighted by Gasteiger charge is -2.71. The first kappa shape index (κ1) is 53.1. The average Bonchev–Trinajstić information content (AvgIpc) is 2.90. The lowest BCUT2D eigenvalue weighted by atomic mass is 9.33. The van der Waals surface area contributed by atoms with E-state index in [-0.39, 0.29) is 48.7 Å². The number of rotatable bonds is 14. The average molecular weight is 719 g/mol. The molecule has 0 aromatic carbocycles. The Bertz CT molecular complexity index is 1050. The van der Waals surface area contributed by atoms with E-state index in [0.29, 0.717) is 45.3 Å². The van der Waals surface area contributed by atoms with Gasteiger partial charge in [0.05, 0.1) is 0 Å². The summed E-state index contributed by atoms with van der Waals surface area (Å²) in [5, 5.41) is 0. The Kier molecular flexibility index (Phi) is 15.4. The number of hydrogen-bond acceptors (Lipinski definition) is 0. The SMILES string of the molecule is CC(C)C(C)(C)C(C)(C)C(C)(C)C(C)(C)C(C)(C)C(C)(C)C(C)(C)C(C)(C)C(C)(C)C(C)C.CC(C)C(C)(C)C(C)(C)C(C)(C)C(C)C(C)(C)C. The van der Waals surface area contributed by atoms with E-state index >= 15 is 0 Å². The summed E-state index contributed by atoms with van der Waals surface area (Å²) in [5.74, 6) is 2.62. The van der Waals surface area contributed by atoms with Gasteiger partial charge in [-0.2, -0.15) is 0 Å². The zero-order chi connectivity index (χ0) is 42.8. The summed E-state index contributed by atoms with van der Waals surface area (Å²) in [4.78, 5) is 0. The Labute approximate surface area is 328 Å². The lowest BCUT2D eigenvalue weighted by molar-refractivity contribution is -0.229. The van der Waals surface area contributed by atoms with Gasteiger partial charge in [-0.15, -0.1) is 0 Å². The monoisotopic (exact) mass is 719 g/mol. The van der Waals surface area contributed by atoms with E-state index in [1.54, 1.807) is 0 Å². The highest BCUT2D eigenvalue weighted by Gasteiger charge is 2.67. The summed E-state index contributed by atoms with van der Waals surface area (Å²) in [5.41, 5.74) is 2.54. The molecule has 0 aliphatic carbocycles. The van der Waals surface area contributed by atoms with Crippen LogP contribution in [0.3, 0.4) is 0 Å². The van der Waals surface area contributed by atoms with Crippen LogP contribution >= 0.6 is 0 Å². The molecular formula is C51H106. The van der Waals surface area contributed by atoms with Crippen molar-refractivity contribution in [1.29, 1.82) is 0 Å². The van der Waals surface area contributed by atoms with Crippen LogP contribution < -0.4 is 0 Å². The van der Waals surface area contributed by atoms with Gasteiger partial charge in [0, 0.05) is 0 Å². The molecular weight excluding hydrogens is 613 g/mol. The molecule has 0 spiro atoms. The van der Waals surface area contributed by atoms with Crippen molar-refractivity contribution in [2.24, 2.45) is 94.1 Å². The molecule has 0 N–H and O–H groups in total. The van der Waals surface area contributed by atoms with Gasteiger partial charge in [0.15, 0.2) is 0 Å². The van der Waals surface area contributed by atoms with Crippen LogP contribution in [0, 0.1) is 94.1 Å². The molecule has 0 bridgehead atoms. The zero-order valence-corrected chi connectivity index (χ0v) is 42.8. The normalized spacial score (nSPS) is 16.9. The molecule has 1 unspecified atom stereocenters. The topological polar surface area (TPSA) is 0 Å². The minimum absolute atomic E-state index is 0.0850. The molecule has 0 amide bonds. The summed E-state index contributed by atoms with van der Waals surface area (Å²) in [6.45, 7) is 84.4. The van der Waals surface area contributed by atoms with Crippen LogP contribution in [0.1, 0.15) is 235 Å². The maximum Gasteiger partial charge on any atom is -0.0241 e. The van der Waals surface area contributed by atoms with Crippen molar-refractivity contribution in [1.82, 2.24) is 0 Å². The third-order valence-corrected chi connectivity index (χ3v) is 22.5. The summed E-state index contributed by atoms with van der Waals surface area (Å²) >= 11 is 0. The van der Waals surface area contributed by atoms with Crippen molar-refractivity contribution >= 4 is 0 Å². The molecule has 0 nitrogen and oxygen atoms in total. The molecule has 310 valence electrons. The Balaban J connectivity index is 0. The van der Waals surface area contributed by atoms with Gasteiger partial charge in [-0.1, -0.05) is 235 Å². The number of hydrogen-bond donors (Lipinski definition) is 0. The van der Waals surface area contributed by atoms with Crippen LogP contribution in [0.15, 0.2) is 0 Å². The van der Waals surface area contributed by atoms with Gasteiger partial charge >= 0.3 is 0 Å². The van der Waals surface area contributed by atoms with Gasteiger partial charge in [0.1, 0.15) is 0 Å². The Morgan fingerprint density at radius 1 is 0.196 bits per heavy atom. The van der Waals surface area contributed by atoms with E-state index < -0.39 is 0 Å². The molecule has 0 aromatic heterocycles. The fourth-order valence-corrected chi connectivity index (χ4v) is 10.1. The molecule has 1 atom stereocenters. The van der Waals surface area contributed by atoms with Crippen LogP contribution in [0.2, 0.25) is 0 Å². The largest absolute Gasteiger partial charge is 0.0622 e. The van der Waals surface area contributed by atoms with Crippen molar-refractivity contribution in [3.63, 3.8) is 0 Å². The quantitative estimate of drug-likeness (QED) is 0.168. The molecule has 0 saturated heterocycles. The van der Waals surface area contributed by atoms with Crippen molar-refractivity contribution in [2.75, 3.05) is 0 Å². The first-order valence-electron chi connectivity index (χ1n) is 21.5. The Hall–Kier alpha value is 0. The van der Waals surface area contributed by atoms with Gasteiger partial charge < -0.3 is 0 Å². The van der Waals surface area contributed by atoms with Crippen LogP contribution in [-0.2, 0) is 0 Å². The third-order valence-electron chi connectivity index (χ3n) is 22.5. The second-order valence-electron chi connectivity index (χ2n) is 26.4. The molecule has 0 heteroatoms. The second-order valence-corrected chi connectivity index (χ2v) is 26.4. The minimum atomic E-state index is 0.0850. The van der Waals surface area contributed by atoms with Crippen molar-refractivity contribution < 1.29 is 0 Å². The maximum atomic E-state index is 2.58. The predicted octanol–water partition coefficient (Wildman–Crippen LogP) is 17.9. The third kappa shape index (κ3) is 8.00. The molecule has 0 rings (SSSR count). The van der Waals surface area contributed by atoms with Crippen LogP contribution in [0.4, 0.5) is 0 Å². The fourth-order valence-electron chi connectivity index (χ4n) is 10.1. The van der Waals surface area contributed by atoms with Crippen molar-refractivity contribution in [2.45, 2.75) is 235 Å². The van der Waals surface area contributed by atoms with Crippen molar-refractivity contribution in [3.05, 3.63) is 0 Å². The van der Waals surface area contributed by atoms with Crippen molar-refractivity contribution in [3.8, 4) is 0 Å². The van der Waals surface area contributed by atoms with Crippen LogP contribution in [0.25, 0.3) is 0 Å². The standard InChI is InChI=1S/C33H68.C18H38/c1-23(2)25(5,6)27(9,10)29(13,14)31(17,18)33(21,22)32(19,20)30(15,16)28(11,12)26(7,8)24(3)4;1-13(2)16(7,8)18(11,12)17(9,10)14(3)15(4,5)6/h23-24H,1-22H3;13-14H,1-12H3. The summed E-state index contributed by atoms with van der Waals surface area (Å²) in [7, 11) is 0.